The number of amides is 2. The number of anilines is 2. The maximum Gasteiger partial charge on any atom is 0.303 e. The predicted octanol–water partition coefficient (Wildman–Crippen LogP) is 4.16. The van der Waals surface area contributed by atoms with Gasteiger partial charge >= 0.3 is 5.97 Å². The van der Waals surface area contributed by atoms with Gasteiger partial charge in [0.15, 0.2) is 0 Å². The maximum atomic E-state index is 12.9. The molecule has 0 fully saturated rings. The Labute approximate surface area is 170 Å². The lowest BCUT2D eigenvalue weighted by Gasteiger charge is -2.43. The van der Waals surface area contributed by atoms with E-state index in [1.54, 1.807) is 16.7 Å². The normalized spacial score (nSPS) is 18.1. The smallest absolute Gasteiger partial charge is 0.303 e. The summed E-state index contributed by atoms with van der Waals surface area (Å²) in [5.74, 6) is -1.03. The lowest BCUT2D eigenvalue weighted by molar-refractivity contribution is -0.137. The summed E-state index contributed by atoms with van der Waals surface area (Å²) in [4.78, 5) is 39.8. The van der Waals surface area contributed by atoms with Gasteiger partial charge in [0, 0.05) is 37.2 Å². The van der Waals surface area contributed by atoms with Crippen molar-refractivity contribution < 1.29 is 19.5 Å². The van der Waals surface area contributed by atoms with Gasteiger partial charge in [0.2, 0.25) is 11.8 Å². The number of hydrogen-bond acceptors (Lipinski definition) is 3. The van der Waals surface area contributed by atoms with Crippen molar-refractivity contribution in [3.63, 3.8) is 0 Å². The molecular formula is C23H26N2O4. The van der Waals surface area contributed by atoms with Crippen LogP contribution in [0, 0.1) is 0 Å². The molecule has 1 aliphatic heterocycles. The SMILES string of the molecule is CC(=O)N(c1ccccc1)C1CC(C)N(C(=O)CCCC(=O)O)c2ccccc21. The predicted molar refractivity (Wildman–Crippen MR) is 112 cm³/mol. The van der Waals surface area contributed by atoms with Crippen molar-refractivity contribution >= 4 is 29.2 Å². The van der Waals surface area contributed by atoms with Crippen molar-refractivity contribution in [3.8, 4) is 0 Å². The van der Waals surface area contributed by atoms with Crippen molar-refractivity contribution in [2.24, 2.45) is 0 Å². The van der Waals surface area contributed by atoms with Gasteiger partial charge in [-0.05, 0) is 43.5 Å². The summed E-state index contributed by atoms with van der Waals surface area (Å²) in [5.41, 5.74) is 2.54. The van der Waals surface area contributed by atoms with Crippen LogP contribution in [-0.2, 0) is 14.4 Å². The van der Waals surface area contributed by atoms with E-state index in [0.717, 1.165) is 16.9 Å². The van der Waals surface area contributed by atoms with Crippen LogP contribution in [0.25, 0.3) is 0 Å². The fourth-order valence-electron chi connectivity index (χ4n) is 4.09. The van der Waals surface area contributed by atoms with Crippen LogP contribution in [0.1, 0.15) is 51.1 Å². The van der Waals surface area contributed by atoms with E-state index in [0.29, 0.717) is 12.8 Å². The molecule has 1 N–H and O–H groups in total. The van der Waals surface area contributed by atoms with Gasteiger partial charge in [-0.25, -0.2) is 0 Å². The molecule has 3 rings (SSSR count). The Morgan fingerprint density at radius 3 is 2.34 bits per heavy atom. The minimum absolute atomic E-state index is 0.0235. The van der Waals surface area contributed by atoms with E-state index in [4.69, 9.17) is 5.11 Å². The van der Waals surface area contributed by atoms with Gasteiger partial charge in [-0.3, -0.25) is 14.4 Å². The number of carboxylic acid groups (broad SMARTS) is 1. The maximum absolute atomic E-state index is 12.9. The third-order valence-electron chi connectivity index (χ3n) is 5.30. The van der Waals surface area contributed by atoms with Gasteiger partial charge in [-0.15, -0.1) is 0 Å². The fourth-order valence-corrected chi connectivity index (χ4v) is 4.09. The van der Waals surface area contributed by atoms with E-state index >= 15 is 0 Å². The van der Waals surface area contributed by atoms with Crippen LogP contribution in [0.3, 0.4) is 0 Å². The second kappa shape index (κ2) is 8.90. The number of hydrogen-bond donors (Lipinski definition) is 1. The molecule has 0 saturated heterocycles. The Balaban J connectivity index is 1.95. The third kappa shape index (κ3) is 4.47. The standard InChI is InChI=1S/C23H26N2O4/c1-16-15-21(25(17(2)26)18-9-4-3-5-10-18)19-11-6-7-12-20(19)24(16)22(27)13-8-14-23(28)29/h3-7,9-12,16,21H,8,13-15H2,1-2H3,(H,28,29). The Morgan fingerprint density at radius 2 is 1.69 bits per heavy atom. The van der Waals surface area contributed by atoms with Gasteiger partial charge < -0.3 is 14.9 Å². The minimum Gasteiger partial charge on any atom is -0.481 e. The number of aliphatic carboxylic acids is 1. The average Bonchev–Trinajstić information content (AvgIpc) is 2.68. The number of carboxylic acids is 1. The first-order valence-corrected chi connectivity index (χ1v) is 9.87. The van der Waals surface area contributed by atoms with Crippen LogP contribution in [-0.4, -0.2) is 28.9 Å². The van der Waals surface area contributed by atoms with Crippen molar-refractivity contribution in [3.05, 3.63) is 60.2 Å². The summed E-state index contributed by atoms with van der Waals surface area (Å²) in [6.07, 6.45) is 1.08. The monoisotopic (exact) mass is 394 g/mol. The second-order valence-corrected chi connectivity index (χ2v) is 7.39. The van der Waals surface area contributed by atoms with Gasteiger partial charge in [0.25, 0.3) is 0 Å². The summed E-state index contributed by atoms with van der Waals surface area (Å²) in [7, 11) is 0. The number of benzene rings is 2. The number of fused-ring (bicyclic) bond motifs is 1. The van der Waals surface area contributed by atoms with Crippen molar-refractivity contribution in [2.75, 3.05) is 9.80 Å². The summed E-state index contributed by atoms with van der Waals surface area (Å²) in [5, 5.41) is 8.84. The first kappa shape index (κ1) is 20.6. The lowest BCUT2D eigenvalue weighted by Crippen LogP contribution is -2.47. The number of carbonyl (C=O) groups is 3. The highest BCUT2D eigenvalue weighted by molar-refractivity contribution is 5.97. The highest BCUT2D eigenvalue weighted by atomic mass is 16.4. The third-order valence-corrected chi connectivity index (χ3v) is 5.30. The molecule has 0 bridgehead atoms. The molecule has 1 aliphatic rings. The zero-order valence-electron chi connectivity index (χ0n) is 16.7. The highest BCUT2D eigenvalue weighted by Gasteiger charge is 2.37. The zero-order valence-corrected chi connectivity index (χ0v) is 16.7. The fraction of sp³-hybridized carbons (Fsp3) is 0.348. The minimum atomic E-state index is -0.898. The number of carbonyl (C=O) groups excluding carboxylic acids is 2. The molecule has 0 aliphatic carbocycles. The van der Waals surface area contributed by atoms with Crippen LogP contribution in [0.2, 0.25) is 0 Å². The second-order valence-electron chi connectivity index (χ2n) is 7.39. The van der Waals surface area contributed by atoms with Crippen molar-refractivity contribution in [1.29, 1.82) is 0 Å². The lowest BCUT2D eigenvalue weighted by atomic mass is 9.89. The molecule has 2 aromatic rings. The summed E-state index contributed by atoms with van der Waals surface area (Å²) >= 11 is 0. The van der Waals surface area contributed by atoms with Gasteiger partial charge in [-0.1, -0.05) is 36.4 Å². The van der Waals surface area contributed by atoms with E-state index in [9.17, 15) is 14.4 Å². The average molecular weight is 394 g/mol. The molecule has 29 heavy (non-hydrogen) atoms. The summed E-state index contributed by atoms with van der Waals surface area (Å²) in [6.45, 7) is 3.53. The van der Waals surface area contributed by atoms with Gasteiger partial charge in [-0.2, -0.15) is 0 Å². The van der Waals surface area contributed by atoms with Gasteiger partial charge in [0.1, 0.15) is 0 Å². The summed E-state index contributed by atoms with van der Waals surface area (Å²) < 4.78 is 0. The molecule has 6 heteroatoms. The van der Waals surface area contributed by atoms with E-state index < -0.39 is 5.97 Å². The highest BCUT2D eigenvalue weighted by Crippen LogP contribution is 2.42. The Kier molecular flexibility index (Phi) is 6.32. The molecule has 152 valence electrons. The first-order chi connectivity index (χ1) is 13.9. The molecule has 2 unspecified atom stereocenters. The van der Waals surface area contributed by atoms with Crippen molar-refractivity contribution in [1.82, 2.24) is 0 Å². The van der Waals surface area contributed by atoms with Gasteiger partial charge in [0.05, 0.1) is 6.04 Å². The Hall–Kier alpha value is -3.15. The largest absolute Gasteiger partial charge is 0.481 e. The van der Waals surface area contributed by atoms with Crippen LogP contribution in [0.4, 0.5) is 11.4 Å². The molecule has 6 nitrogen and oxygen atoms in total. The van der Waals surface area contributed by atoms with Crippen molar-refractivity contribution in [2.45, 2.75) is 51.6 Å². The van der Waals surface area contributed by atoms with E-state index in [2.05, 4.69) is 0 Å². The van der Waals surface area contributed by atoms with Crippen LogP contribution in [0.15, 0.2) is 54.6 Å². The van der Waals surface area contributed by atoms with E-state index in [1.165, 1.54) is 0 Å². The quantitative estimate of drug-likeness (QED) is 0.798. The van der Waals surface area contributed by atoms with E-state index in [1.807, 2.05) is 61.5 Å². The summed E-state index contributed by atoms with van der Waals surface area (Å²) in [6, 6.07) is 16.9. The Morgan fingerprint density at radius 1 is 1.03 bits per heavy atom. The molecule has 2 amide bonds. The molecule has 0 aromatic heterocycles. The van der Waals surface area contributed by atoms with E-state index in [-0.39, 0.29) is 36.7 Å². The molecule has 2 atom stereocenters. The molecule has 0 saturated carbocycles. The van der Waals surface area contributed by atoms with Crippen LogP contribution < -0.4 is 9.80 Å². The molecule has 0 spiro atoms. The Bertz CT molecular complexity index is 897. The molecular weight excluding hydrogens is 368 g/mol. The molecule has 2 aromatic carbocycles. The van der Waals surface area contributed by atoms with Crippen LogP contribution >= 0.6 is 0 Å². The molecule has 0 radical (unpaired) electrons. The molecule has 1 heterocycles. The number of nitrogens with zero attached hydrogens (tertiary/aromatic N) is 2. The topological polar surface area (TPSA) is 77.9 Å². The zero-order chi connectivity index (χ0) is 21.0. The first-order valence-electron chi connectivity index (χ1n) is 9.87. The number of para-hydroxylation sites is 2. The number of rotatable bonds is 6. The van der Waals surface area contributed by atoms with Crippen LogP contribution in [0.5, 0.6) is 0 Å².